The largest absolute Gasteiger partial charge is 0.355 e. The Balaban J connectivity index is 2.03. The first kappa shape index (κ1) is 16.4. The number of likely N-dealkylation sites (N-methyl/N-ethyl adjacent to an activating group) is 1. The van der Waals surface area contributed by atoms with Crippen LogP contribution in [0.1, 0.15) is 33.1 Å². The van der Waals surface area contributed by atoms with Gasteiger partial charge in [-0.25, -0.2) is 0 Å². The van der Waals surface area contributed by atoms with Crippen LogP contribution in [0, 0.1) is 0 Å². The molecule has 1 heterocycles. The van der Waals surface area contributed by atoms with Gasteiger partial charge in [0.05, 0.1) is 6.04 Å². The molecular weight excluding hydrogens is 240 g/mol. The van der Waals surface area contributed by atoms with Crippen molar-refractivity contribution >= 4 is 5.91 Å². The fourth-order valence-corrected chi connectivity index (χ4v) is 2.42. The van der Waals surface area contributed by atoms with Crippen LogP contribution in [0.3, 0.4) is 0 Å². The molecule has 0 spiro atoms. The molecule has 1 rings (SSSR count). The van der Waals surface area contributed by atoms with Gasteiger partial charge in [-0.3, -0.25) is 4.79 Å². The number of carbonyl (C=O) groups excluding carboxylic acids is 1. The van der Waals surface area contributed by atoms with E-state index in [0.717, 1.165) is 52.0 Å². The van der Waals surface area contributed by atoms with Gasteiger partial charge < -0.3 is 20.9 Å². The Labute approximate surface area is 117 Å². The first-order valence-corrected chi connectivity index (χ1v) is 7.65. The third-order valence-corrected chi connectivity index (χ3v) is 3.80. The molecule has 0 aromatic heterocycles. The summed E-state index contributed by atoms with van der Waals surface area (Å²) < 4.78 is 0. The zero-order chi connectivity index (χ0) is 14.1. The molecule has 1 fully saturated rings. The zero-order valence-electron chi connectivity index (χ0n) is 12.5. The van der Waals surface area contributed by atoms with Crippen LogP contribution in [0.5, 0.6) is 0 Å². The third-order valence-electron chi connectivity index (χ3n) is 3.80. The number of piperazine rings is 1. The van der Waals surface area contributed by atoms with Crippen molar-refractivity contribution in [3.63, 3.8) is 0 Å². The summed E-state index contributed by atoms with van der Waals surface area (Å²) in [6, 6.07) is -0.335. The van der Waals surface area contributed by atoms with Crippen molar-refractivity contribution < 1.29 is 4.79 Å². The highest BCUT2D eigenvalue weighted by molar-refractivity contribution is 5.81. The summed E-state index contributed by atoms with van der Waals surface area (Å²) in [5.41, 5.74) is 5.76. The van der Waals surface area contributed by atoms with Crippen molar-refractivity contribution in [1.29, 1.82) is 0 Å². The highest BCUT2D eigenvalue weighted by Crippen LogP contribution is 2.01. The lowest BCUT2D eigenvalue weighted by molar-refractivity contribution is -0.122. The third kappa shape index (κ3) is 6.36. The van der Waals surface area contributed by atoms with E-state index in [9.17, 15) is 4.79 Å². The Morgan fingerprint density at radius 1 is 1.21 bits per heavy atom. The first-order chi connectivity index (χ1) is 9.17. The number of amides is 1. The van der Waals surface area contributed by atoms with Crippen LogP contribution in [0.2, 0.25) is 0 Å². The Morgan fingerprint density at radius 3 is 2.42 bits per heavy atom. The second kappa shape index (κ2) is 9.28. The lowest BCUT2D eigenvalue weighted by Crippen LogP contribution is -2.47. The molecule has 1 aliphatic heterocycles. The van der Waals surface area contributed by atoms with Crippen LogP contribution in [-0.4, -0.2) is 67.6 Å². The number of nitrogens with zero attached hydrogens (tertiary/aromatic N) is 2. The summed E-state index contributed by atoms with van der Waals surface area (Å²) in [7, 11) is 0. The number of nitrogens with one attached hydrogen (secondary N) is 1. The monoisotopic (exact) mass is 270 g/mol. The van der Waals surface area contributed by atoms with Gasteiger partial charge in [-0.05, 0) is 25.9 Å². The van der Waals surface area contributed by atoms with Crippen molar-refractivity contribution in [3.8, 4) is 0 Å². The van der Waals surface area contributed by atoms with Crippen LogP contribution < -0.4 is 11.1 Å². The van der Waals surface area contributed by atoms with Gasteiger partial charge in [-0.15, -0.1) is 0 Å². The molecule has 0 aromatic rings. The van der Waals surface area contributed by atoms with Gasteiger partial charge in [-0.2, -0.15) is 0 Å². The smallest absolute Gasteiger partial charge is 0.236 e. The number of hydrogen-bond donors (Lipinski definition) is 2. The Bertz CT molecular complexity index is 252. The molecule has 1 unspecified atom stereocenters. The lowest BCUT2D eigenvalue weighted by atomic mass is 10.1. The normalized spacial score (nSPS) is 19.3. The number of nitrogens with two attached hydrogens (primary N) is 1. The van der Waals surface area contributed by atoms with Crippen LogP contribution in [0.25, 0.3) is 0 Å². The molecule has 1 saturated heterocycles. The fraction of sp³-hybridized carbons (Fsp3) is 0.929. The summed E-state index contributed by atoms with van der Waals surface area (Å²) in [4.78, 5) is 16.6. The van der Waals surface area contributed by atoms with Gasteiger partial charge in [-0.1, -0.05) is 20.3 Å². The van der Waals surface area contributed by atoms with E-state index >= 15 is 0 Å². The van der Waals surface area contributed by atoms with Gasteiger partial charge in [0.1, 0.15) is 0 Å². The minimum absolute atomic E-state index is 0.00217. The Hall–Kier alpha value is -0.650. The van der Waals surface area contributed by atoms with Gasteiger partial charge in [0.15, 0.2) is 0 Å². The molecule has 0 radical (unpaired) electrons. The van der Waals surface area contributed by atoms with E-state index in [2.05, 4.69) is 22.0 Å². The molecule has 1 aliphatic rings. The van der Waals surface area contributed by atoms with Crippen molar-refractivity contribution in [1.82, 2.24) is 15.1 Å². The molecule has 1 atom stereocenters. The molecular formula is C14H30N4O. The molecule has 0 aromatic carbocycles. The van der Waals surface area contributed by atoms with E-state index in [4.69, 9.17) is 5.73 Å². The van der Waals surface area contributed by atoms with Crippen LogP contribution in [0.4, 0.5) is 0 Å². The molecule has 5 nitrogen and oxygen atoms in total. The molecule has 0 bridgehead atoms. The number of rotatable bonds is 8. The molecule has 5 heteroatoms. The van der Waals surface area contributed by atoms with Crippen molar-refractivity contribution in [2.45, 2.75) is 39.2 Å². The fourth-order valence-electron chi connectivity index (χ4n) is 2.42. The van der Waals surface area contributed by atoms with Crippen LogP contribution >= 0.6 is 0 Å². The summed E-state index contributed by atoms with van der Waals surface area (Å²) in [6.45, 7) is 11.9. The maximum absolute atomic E-state index is 11.6. The Morgan fingerprint density at radius 2 is 1.84 bits per heavy atom. The summed E-state index contributed by atoms with van der Waals surface area (Å²) in [6.07, 6.45) is 2.73. The van der Waals surface area contributed by atoms with E-state index in [1.165, 1.54) is 13.1 Å². The standard InChI is InChI=1S/C14H30N4O/c1-3-6-13(15)14(19)16-7-5-8-18-11-9-17(4-2)10-12-18/h13H,3-12,15H2,1-2H3,(H,16,19). The average molecular weight is 270 g/mol. The Kier molecular flexibility index (Phi) is 8.02. The second-order valence-electron chi connectivity index (χ2n) is 5.32. The van der Waals surface area contributed by atoms with Crippen molar-refractivity contribution in [2.75, 3.05) is 45.8 Å². The summed E-state index contributed by atoms with van der Waals surface area (Å²) >= 11 is 0. The maximum atomic E-state index is 11.6. The second-order valence-corrected chi connectivity index (χ2v) is 5.32. The highest BCUT2D eigenvalue weighted by Gasteiger charge is 2.15. The molecule has 19 heavy (non-hydrogen) atoms. The van der Waals surface area contributed by atoms with Gasteiger partial charge >= 0.3 is 0 Å². The highest BCUT2D eigenvalue weighted by atomic mass is 16.2. The molecule has 0 saturated carbocycles. The lowest BCUT2D eigenvalue weighted by Gasteiger charge is -2.34. The predicted octanol–water partition coefficient (Wildman–Crippen LogP) is 0.258. The predicted molar refractivity (Wildman–Crippen MR) is 79.1 cm³/mol. The average Bonchev–Trinajstić information content (AvgIpc) is 2.44. The van der Waals surface area contributed by atoms with Crippen LogP contribution in [-0.2, 0) is 4.79 Å². The van der Waals surface area contributed by atoms with Crippen molar-refractivity contribution in [2.24, 2.45) is 5.73 Å². The van der Waals surface area contributed by atoms with Gasteiger partial charge in [0.2, 0.25) is 5.91 Å². The van der Waals surface area contributed by atoms with Gasteiger partial charge in [0, 0.05) is 32.7 Å². The quantitative estimate of drug-likeness (QED) is 0.621. The molecule has 1 amide bonds. The van der Waals surface area contributed by atoms with E-state index in [1.807, 2.05) is 6.92 Å². The summed E-state index contributed by atoms with van der Waals surface area (Å²) in [5, 5.41) is 2.93. The number of carbonyl (C=O) groups is 1. The first-order valence-electron chi connectivity index (χ1n) is 7.65. The maximum Gasteiger partial charge on any atom is 0.236 e. The topological polar surface area (TPSA) is 61.6 Å². The molecule has 3 N–H and O–H groups in total. The molecule has 0 aliphatic carbocycles. The van der Waals surface area contributed by atoms with E-state index < -0.39 is 0 Å². The molecule has 112 valence electrons. The SMILES string of the molecule is CCCC(N)C(=O)NCCCN1CCN(CC)CC1. The summed E-state index contributed by atoms with van der Waals surface area (Å²) in [5.74, 6) is -0.00217. The van der Waals surface area contributed by atoms with Crippen molar-refractivity contribution in [3.05, 3.63) is 0 Å². The van der Waals surface area contributed by atoms with E-state index in [0.29, 0.717) is 0 Å². The van der Waals surface area contributed by atoms with Gasteiger partial charge in [0.25, 0.3) is 0 Å². The minimum atomic E-state index is -0.335. The minimum Gasteiger partial charge on any atom is -0.355 e. The van der Waals surface area contributed by atoms with E-state index in [-0.39, 0.29) is 11.9 Å². The zero-order valence-corrected chi connectivity index (χ0v) is 12.5. The van der Waals surface area contributed by atoms with E-state index in [1.54, 1.807) is 0 Å². The number of hydrogen-bond acceptors (Lipinski definition) is 4. The van der Waals surface area contributed by atoms with Crippen LogP contribution in [0.15, 0.2) is 0 Å².